The lowest BCUT2D eigenvalue weighted by atomic mass is 10.1. The second-order valence-corrected chi connectivity index (χ2v) is 7.89. The molecule has 5 aromatic rings. The number of fused-ring (bicyclic) bond motifs is 2. The van der Waals surface area contributed by atoms with Crippen molar-refractivity contribution < 1.29 is 4.42 Å². The number of hydrogen-bond donors (Lipinski definition) is 0. The SMILES string of the molecule is Cc1c(-c2nnc3sc(-c4cccc(I)c4)nn23)oc2ccccc12. The van der Waals surface area contributed by atoms with E-state index in [1.165, 1.54) is 14.9 Å². The molecule has 122 valence electrons. The number of nitrogens with zero attached hydrogens (tertiary/aromatic N) is 4. The van der Waals surface area contributed by atoms with Crippen molar-refractivity contribution in [3.05, 3.63) is 57.7 Å². The summed E-state index contributed by atoms with van der Waals surface area (Å²) < 4.78 is 8.97. The quantitative estimate of drug-likeness (QED) is 0.342. The topological polar surface area (TPSA) is 56.2 Å². The summed E-state index contributed by atoms with van der Waals surface area (Å²) >= 11 is 3.82. The van der Waals surface area contributed by atoms with Crippen molar-refractivity contribution in [2.45, 2.75) is 6.92 Å². The van der Waals surface area contributed by atoms with Crippen LogP contribution >= 0.6 is 33.9 Å². The van der Waals surface area contributed by atoms with E-state index in [0.29, 0.717) is 11.6 Å². The van der Waals surface area contributed by atoms with Gasteiger partial charge in [-0.15, -0.1) is 10.2 Å². The summed E-state index contributed by atoms with van der Waals surface area (Å²) in [6.45, 7) is 2.04. The first-order valence-corrected chi connectivity index (χ1v) is 9.57. The van der Waals surface area contributed by atoms with Crippen LogP contribution in [0.5, 0.6) is 0 Å². The first kappa shape index (κ1) is 15.0. The molecule has 5 nitrogen and oxygen atoms in total. The Morgan fingerprint density at radius 1 is 1.08 bits per heavy atom. The van der Waals surface area contributed by atoms with Gasteiger partial charge < -0.3 is 4.42 Å². The maximum atomic E-state index is 6.03. The zero-order valence-corrected chi connectivity index (χ0v) is 16.1. The van der Waals surface area contributed by atoms with Crippen LogP contribution < -0.4 is 0 Å². The number of furan rings is 1. The Balaban J connectivity index is 1.70. The Hall–Kier alpha value is -2.26. The molecule has 0 fully saturated rings. The summed E-state index contributed by atoms with van der Waals surface area (Å²) in [4.78, 5) is 0.753. The van der Waals surface area contributed by atoms with Crippen molar-refractivity contribution >= 4 is 49.9 Å². The second kappa shape index (κ2) is 5.63. The maximum Gasteiger partial charge on any atom is 0.235 e. The smallest absolute Gasteiger partial charge is 0.235 e. The van der Waals surface area contributed by atoms with E-state index < -0.39 is 0 Å². The van der Waals surface area contributed by atoms with Gasteiger partial charge in [0, 0.05) is 20.1 Å². The number of halogens is 1. The zero-order valence-electron chi connectivity index (χ0n) is 13.1. The molecule has 0 aliphatic carbocycles. The molecule has 0 aliphatic rings. The predicted molar refractivity (Wildman–Crippen MR) is 107 cm³/mol. The van der Waals surface area contributed by atoms with Gasteiger partial charge in [0.05, 0.1) is 0 Å². The number of para-hydroxylation sites is 1. The van der Waals surface area contributed by atoms with Gasteiger partial charge in [-0.1, -0.05) is 41.7 Å². The fourth-order valence-corrected chi connectivity index (χ4v) is 4.26. The summed E-state index contributed by atoms with van der Waals surface area (Å²) in [6, 6.07) is 16.2. The molecule has 0 N–H and O–H groups in total. The third-order valence-corrected chi connectivity index (χ3v) is 5.73. The largest absolute Gasteiger partial charge is 0.452 e. The molecular formula is C18H11IN4OS. The van der Waals surface area contributed by atoms with Gasteiger partial charge in [0.25, 0.3) is 0 Å². The van der Waals surface area contributed by atoms with Crippen molar-refractivity contribution in [3.8, 4) is 22.2 Å². The molecule has 0 bridgehead atoms. The lowest BCUT2D eigenvalue weighted by Crippen LogP contribution is -1.91. The molecule has 7 heteroatoms. The van der Waals surface area contributed by atoms with Crippen LogP contribution in [0.2, 0.25) is 0 Å². The predicted octanol–water partition coefficient (Wildman–Crippen LogP) is 5.18. The van der Waals surface area contributed by atoms with Crippen molar-refractivity contribution in [2.75, 3.05) is 0 Å². The van der Waals surface area contributed by atoms with Gasteiger partial charge in [-0.2, -0.15) is 9.61 Å². The minimum Gasteiger partial charge on any atom is -0.452 e. The molecule has 3 heterocycles. The van der Waals surface area contributed by atoms with Gasteiger partial charge in [0.2, 0.25) is 10.8 Å². The molecule has 0 spiro atoms. The van der Waals surface area contributed by atoms with E-state index in [2.05, 4.69) is 51.0 Å². The Bertz CT molecular complexity index is 1240. The molecule has 0 atom stereocenters. The number of aromatic nitrogens is 4. The Kier molecular flexibility index (Phi) is 3.39. The minimum absolute atomic E-state index is 0.636. The van der Waals surface area contributed by atoms with Gasteiger partial charge in [0.1, 0.15) is 10.6 Å². The Morgan fingerprint density at radius 3 is 2.80 bits per heavy atom. The highest BCUT2D eigenvalue weighted by Crippen LogP contribution is 2.34. The van der Waals surface area contributed by atoms with Crippen LogP contribution in [-0.4, -0.2) is 19.8 Å². The van der Waals surface area contributed by atoms with E-state index in [-0.39, 0.29) is 0 Å². The highest BCUT2D eigenvalue weighted by Gasteiger charge is 2.20. The molecular weight excluding hydrogens is 447 g/mol. The van der Waals surface area contributed by atoms with E-state index in [0.717, 1.165) is 32.1 Å². The van der Waals surface area contributed by atoms with Crippen molar-refractivity contribution in [3.63, 3.8) is 0 Å². The third-order valence-electron chi connectivity index (χ3n) is 4.11. The monoisotopic (exact) mass is 458 g/mol. The average Bonchev–Trinajstić information content (AvgIpc) is 3.28. The summed E-state index contributed by atoms with van der Waals surface area (Å²) in [5.74, 6) is 1.35. The van der Waals surface area contributed by atoms with Gasteiger partial charge in [-0.05, 0) is 47.7 Å². The molecule has 0 amide bonds. The number of hydrogen-bond acceptors (Lipinski definition) is 5. The van der Waals surface area contributed by atoms with Crippen LogP contribution in [0.1, 0.15) is 5.56 Å². The van der Waals surface area contributed by atoms with Crippen LogP contribution in [0, 0.1) is 10.5 Å². The fraction of sp³-hybridized carbons (Fsp3) is 0.0556. The second-order valence-electron chi connectivity index (χ2n) is 5.69. The average molecular weight is 458 g/mol. The van der Waals surface area contributed by atoms with Gasteiger partial charge in [-0.3, -0.25) is 0 Å². The van der Waals surface area contributed by atoms with Crippen LogP contribution in [0.4, 0.5) is 0 Å². The summed E-state index contributed by atoms with van der Waals surface area (Å²) in [5.41, 5.74) is 2.98. The maximum absolute atomic E-state index is 6.03. The van der Waals surface area contributed by atoms with Crippen molar-refractivity contribution in [1.29, 1.82) is 0 Å². The molecule has 0 saturated carbocycles. The lowest BCUT2D eigenvalue weighted by Gasteiger charge is -1.96. The lowest BCUT2D eigenvalue weighted by molar-refractivity contribution is 0.619. The number of benzene rings is 2. The fourth-order valence-electron chi connectivity index (χ4n) is 2.88. The Labute approximate surface area is 160 Å². The van der Waals surface area contributed by atoms with Gasteiger partial charge in [0.15, 0.2) is 5.76 Å². The van der Waals surface area contributed by atoms with E-state index in [4.69, 9.17) is 9.52 Å². The molecule has 3 aromatic heterocycles. The van der Waals surface area contributed by atoms with E-state index in [9.17, 15) is 0 Å². The van der Waals surface area contributed by atoms with Gasteiger partial charge >= 0.3 is 0 Å². The highest BCUT2D eigenvalue weighted by molar-refractivity contribution is 14.1. The highest BCUT2D eigenvalue weighted by atomic mass is 127. The molecule has 2 aromatic carbocycles. The zero-order chi connectivity index (χ0) is 17.0. The van der Waals surface area contributed by atoms with Gasteiger partial charge in [-0.25, -0.2) is 0 Å². The van der Waals surface area contributed by atoms with Crippen molar-refractivity contribution in [2.24, 2.45) is 0 Å². The van der Waals surface area contributed by atoms with E-state index >= 15 is 0 Å². The molecule has 0 radical (unpaired) electrons. The molecule has 0 aliphatic heterocycles. The van der Waals surface area contributed by atoms with Crippen LogP contribution in [0.3, 0.4) is 0 Å². The molecule has 5 rings (SSSR count). The number of rotatable bonds is 2. The number of aryl methyl sites for hydroxylation is 1. The summed E-state index contributed by atoms with van der Waals surface area (Å²) in [7, 11) is 0. The van der Waals surface area contributed by atoms with Crippen LogP contribution in [0.25, 0.3) is 38.1 Å². The summed E-state index contributed by atoms with van der Waals surface area (Å²) in [5, 5.41) is 15.3. The van der Waals surface area contributed by atoms with Crippen LogP contribution in [0.15, 0.2) is 52.9 Å². The summed E-state index contributed by atoms with van der Waals surface area (Å²) in [6.07, 6.45) is 0. The standard InChI is InChI=1S/C18H11IN4OS/c1-10-13-7-2-3-8-14(13)24-15(10)16-20-21-18-23(16)22-17(25-18)11-5-4-6-12(19)9-11/h2-9H,1H3. The van der Waals surface area contributed by atoms with Crippen LogP contribution in [-0.2, 0) is 0 Å². The minimum atomic E-state index is 0.636. The Morgan fingerprint density at radius 2 is 1.96 bits per heavy atom. The molecule has 0 unspecified atom stereocenters. The first-order valence-electron chi connectivity index (χ1n) is 7.67. The third kappa shape index (κ3) is 2.37. The molecule has 25 heavy (non-hydrogen) atoms. The van der Waals surface area contributed by atoms with E-state index in [1.54, 1.807) is 4.52 Å². The first-order chi connectivity index (χ1) is 12.2. The van der Waals surface area contributed by atoms with E-state index in [1.807, 2.05) is 37.3 Å². The normalized spacial score (nSPS) is 11.6. The molecule has 0 saturated heterocycles. The van der Waals surface area contributed by atoms with Crippen molar-refractivity contribution in [1.82, 2.24) is 19.8 Å².